The summed E-state index contributed by atoms with van der Waals surface area (Å²) in [6, 6.07) is 4.72. The second-order valence-corrected chi connectivity index (χ2v) is 9.06. The standard InChI is InChI=1S/C22H26FN5O6/c1-25-19-14(27-9-12(10-27)34-17-7-8-26(22(32)33)11-13(17)23)3-2-4-15(19)28(21(25)31)16-5-6-18(29)24-20(16)30/h2-4,12-13,16-17H,5-11H2,1H3,(H,32,33)(H,24,29,30)/t13-,16?,17-/m1/s1. The SMILES string of the molecule is Cn1c(=O)n(C2CCC(=O)NC2=O)c2cccc(N3CC(O[C@@H]4CCN(C(=O)O)C[C@H]4F)C3)c21. The van der Waals surface area contributed by atoms with Gasteiger partial charge in [-0.25, -0.2) is 14.0 Å². The number of para-hydroxylation sites is 1. The highest BCUT2D eigenvalue weighted by molar-refractivity contribution is 6.00. The predicted octanol–water partition coefficient (Wildman–Crippen LogP) is 0.613. The van der Waals surface area contributed by atoms with Crippen LogP contribution >= 0.6 is 0 Å². The maximum absolute atomic E-state index is 14.4. The van der Waals surface area contributed by atoms with Crippen LogP contribution in [0.4, 0.5) is 14.9 Å². The number of aryl methyl sites for hydroxylation is 1. The van der Waals surface area contributed by atoms with Crippen molar-refractivity contribution in [1.82, 2.24) is 19.4 Å². The lowest BCUT2D eigenvalue weighted by Gasteiger charge is -2.44. The Morgan fingerprint density at radius 3 is 2.62 bits per heavy atom. The Balaban J connectivity index is 1.32. The Bertz CT molecular complexity index is 1220. The van der Waals surface area contributed by atoms with Crippen LogP contribution in [-0.2, 0) is 21.4 Å². The second kappa shape index (κ2) is 8.42. The fourth-order valence-corrected chi connectivity index (χ4v) is 5.08. The van der Waals surface area contributed by atoms with Gasteiger partial charge in [-0.1, -0.05) is 6.07 Å². The molecule has 1 unspecified atom stereocenters. The quantitative estimate of drug-likeness (QED) is 0.621. The van der Waals surface area contributed by atoms with Crippen LogP contribution in [-0.4, -0.2) is 81.6 Å². The number of aromatic nitrogens is 2. The molecule has 3 fully saturated rings. The number of rotatable bonds is 4. The average molecular weight is 475 g/mol. The van der Waals surface area contributed by atoms with Crippen LogP contribution in [0.25, 0.3) is 11.0 Å². The van der Waals surface area contributed by atoms with E-state index >= 15 is 0 Å². The van der Waals surface area contributed by atoms with Gasteiger partial charge in [-0.3, -0.25) is 24.0 Å². The molecule has 3 amide bonds. The molecule has 0 spiro atoms. The van der Waals surface area contributed by atoms with Crippen molar-refractivity contribution in [3.05, 3.63) is 28.7 Å². The minimum absolute atomic E-state index is 0.172. The summed E-state index contributed by atoms with van der Waals surface area (Å²) < 4.78 is 23.3. The van der Waals surface area contributed by atoms with Gasteiger partial charge in [0.25, 0.3) is 0 Å². The number of carboxylic acid groups (broad SMARTS) is 1. The lowest BCUT2D eigenvalue weighted by molar-refractivity contribution is -0.135. The van der Waals surface area contributed by atoms with E-state index in [1.807, 2.05) is 17.0 Å². The van der Waals surface area contributed by atoms with Gasteiger partial charge in [-0.15, -0.1) is 0 Å². The Morgan fingerprint density at radius 1 is 1.18 bits per heavy atom. The van der Waals surface area contributed by atoms with Crippen LogP contribution in [0.1, 0.15) is 25.3 Å². The van der Waals surface area contributed by atoms with Gasteiger partial charge in [0.15, 0.2) is 0 Å². The number of likely N-dealkylation sites (tertiary alicyclic amines) is 1. The number of hydrogen-bond acceptors (Lipinski definition) is 6. The summed E-state index contributed by atoms with van der Waals surface area (Å²) in [6.45, 7) is 1.06. The third kappa shape index (κ3) is 3.71. The number of nitrogens with zero attached hydrogens (tertiary/aromatic N) is 4. The van der Waals surface area contributed by atoms with Gasteiger partial charge in [0.05, 0.1) is 35.5 Å². The molecular weight excluding hydrogens is 449 g/mol. The molecule has 1 aromatic carbocycles. The first-order valence-corrected chi connectivity index (χ1v) is 11.3. The number of alkyl halides is 1. The van der Waals surface area contributed by atoms with E-state index in [-0.39, 0.29) is 43.6 Å². The smallest absolute Gasteiger partial charge is 0.407 e. The van der Waals surface area contributed by atoms with Crippen LogP contribution in [0.5, 0.6) is 0 Å². The number of carbonyl (C=O) groups is 3. The Hall–Kier alpha value is -3.41. The minimum Gasteiger partial charge on any atom is -0.465 e. The highest BCUT2D eigenvalue weighted by Crippen LogP contribution is 2.33. The van der Waals surface area contributed by atoms with Crippen molar-refractivity contribution in [3.8, 4) is 0 Å². The first kappa shape index (κ1) is 22.4. The second-order valence-electron chi connectivity index (χ2n) is 9.06. The molecule has 3 aliphatic heterocycles. The van der Waals surface area contributed by atoms with Crippen LogP contribution in [0.2, 0.25) is 0 Å². The monoisotopic (exact) mass is 475 g/mol. The lowest BCUT2D eigenvalue weighted by atomic mass is 10.0. The zero-order chi connectivity index (χ0) is 24.1. The fourth-order valence-electron chi connectivity index (χ4n) is 5.08. The van der Waals surface area contributed by atoms with Crippen molar-refractivity contribution in [3.63, 3.8) is 0 Å². The lowest BCUT2D eigenvalue weighted by Crippen LogP contribution is -2.56. The molecule has 11 nitrogen and oxygen atoms in total. The number of nitrogens with one attached hydrogen (secondary N) is 1. The predicted molar refractivity (Wildman–Crippen MR) is 119 cm³/mol. The number of hydrogen-bond donors (Lipinski definition) is 2. The summed E-state index contributed by atoms with van der Waals surface area (Å²) in [5.41, 5.74) is 1.75. The van der Waals surface area contributed by atoms with Gasteiger partial charge in [0.2, 0.25) is 11.8 Å². The van der Waals surface area contributed by atoms with Gasteiger partial charge in [-0.05, 0) is 25.0 Å². The first-order valence-electron chi connectivity index (χ1n) is 11.3. The number of carbonyl (C=O) groups excluding carboxylic acids is 2. The van der Waals surface area contributed by atoms with E-state index in [0.717, 1.165) is 10.6 Å². The van der Waals surface area contributed by atoms with Crippen LogP contribution in [0, 0.1) is 0 Å². The number of amides is 3. The van der Waals surface area contributed by atoms with Crippen molar-refractivity contribution in [2.24, 2.45) is 7.05 Å². The normalized spacial score (nSPS) is 26.0. The van der Waals surface area contributed by atoms with Gasteiger partial charge < -0.3 is 19.6 Å². The maximum Gasteiger partial charge on any atom is 0.407 e. The van der Waals surface area contributed by atoms with E-state index in [1.165, 1.54) is 9.13 Å². The third-order valence-corrected chi connectivity index (χ3v) is 6.91. The highest BCUT2D eigenvalue weighted by atomic mass is 19.1. The molecule has 2 N–H and O–H groups in total. The number of benzene rings is 1. The molecule has 0 saturated carbocycles. The van der Waals surface area contributed by atoms with Crippen molar-refractivity contribution >= 4 is 34.6 Å². The summed E-state index contributed by atoms with van der Waals surface area (Å²) in [7, 11) is 1.65. The molecule has 3 atom stereocenters. The molecule has 3 aliphatic rings. The molecule has 182 valence electrons. The molecule has 0 aliphatic carbocycles. The summed E-state index contributed by atoms with van der Waals surface area (Å²) >= 11 is 0. The topological polar surface area (TPSA) is 126 Å². The van der Waals surface area contributed by atoms with Gasteiger partial charge in [0, 0.05) is 33.1 Å². The van der Waals surface area contributed by atoms with Crippen molar-refractivity contribution < 1.29 is 28.6 Å². The molecule has 2 aromatic rings. The molecule has 0 bridgehead atoms. The number of ether oxygens (including phenoxy) is 1. The summed E-state index contributed by atoms with van der Waals surface area (Å²) in [6.07, 6.45) is -2.60. The van der Waals surface area contributed by atoms with E-state index in [0.29, 0.717) is 30.5 Å². The molecular formula is C22H26FN5O6. The van der Waals surface area contributed by atoms with E-state index in [2.05, 4.69) is 5.32 Å². The van der Waals surface area contributed by atoms with Crippen LogP contribution in [0.3, 0.4) is 0 Å². The molecule has 1 aromatic heterocycles. The number of piperidine rings is 2. The average Bonchev–Trinajstić information content (AvgIpc) is 3.02. The Morgan fingerprint density at radius 2 is 1.94 bits per heavy atom. The fraction of sp³-hybridized carbons (Fsp3) is 0.545. The zero-order valence-electron chi connectivity index (χ0n) is 18.6. The van der Waals surface area contributed by atoms with Gasteiger partial charge in [0.1, 0.15) is 12.2 Å². The van der Waals surface area contributed by atoms with Crippen LogP contribution in [0.15, 0.2) is 23.0 Å². The molecule has 5 rings (SSSR count). The summed E-state index contributed by atoms with van der Waals surface area (Å²) in [5.74, 6) is -0.825. The number of fused-ring (bicyclic) bond motifs is 1. The molecule has 3 saturated heterocycles. The van der Waals surface area contributed by atoms with Gasteiger partial charge in [-0.2, -0.15) is 0 Å². The van der Waals surface area contributed by atoms with Gasteiger partial charge >= 0.3 is 11.8 Å². The molecule has 12 heteroatoms. The van der Waals surface area contributed by atoms with E-state index in [9.17, 15) is 23.6 Å². The first-order chi connectivity index (χ1) is 16.2. The van der Waals surface area contributed by atoms with E-state index in [4.69, 9.17) is 9.84 Å². The van der Waals surface area contributed by atoms with Crippen molar-refractivity contribution in [1.29, 1.82) is 0 Å². The summed E-state index contributed by atoms with van der Waals surface area (Å²) in [4.78, 5) is 51.1. The van der Waals surface area contributed by atoms with Crippen molar-refractivity contribution in [2.45, 2.75) is 43.7 Å². The third-order valence-electron chi connectivity index (χ3n) is 6.91. The minimum atomic E-state index is -1.37. The highest BCUT2D eigenvalue weighted by Gasteiger charge is 2.38. The van der Waals surface area contributed by atoms with Crippen LogP contribution < -0.4 is 15.9 Å². The zero-order valence-corrected chi connectivity index (χ0v) is 18.6. The summed E-state index contributed by atoms with van der Waals surface area (Å²) in [5, 5.41) is 11.3. The number of anilines is 1. The molecule has 4 heterocycles. The number of halogens is 1. The Labute approximate surface area is 193 Å². The maximum atomic E-state index is 14.4. The van der Waals surface area contributed by atoms with Crippen molar-refractivity contribution in [2.75, 3.05) is 31.1 Å². The number of imide groups is 1. The number of imidazole rings is 1. The molecule has 34 heavy (non-hydrogen) atoms. The van der Waals surface area contributed by atoms with E-state index < -0.39 is 30.3 Å². The molecule has 0 radical (unpaired) electrons. The van der Waals surface area contributed by atoms with E-state index in [1.54, 1.807) is 13.1 Å². The Kier molecular flexibility index (Phi) is 5.54. The largest absolute Gasteiger partial charge is 0.465 e.